The van der Waals surface area contributed by atoms with Crippen molar-refractivity contribution in [1.29, 1.82) is 0 Å². The van der Waals surface area contributed by atoms with E-state index in [4.69, 9.17) is 18.9 Å². The van der Waals surface area contributed by atoms with Crippen molar-refractivity contribution in [2.45, 2.75) is 0 Å². The molecule has 0 saturated heterocycles. The summed E-state index contributed by atoms with van der Waals surface area (Å²) in [6, 6.07) is 8.59. The summed E-state index contributed by atoms with van der Waals surface area (Å²) in [6.07, 6.45) is 0. The van der Waals surface area contributed by atoms with Gasteiger partial charge in [0.2, 0.25) is 0 Å². The molecular formula is C18H18N2O8. The molecule has 0 aliphatic rings. The highest BCUT2D eigenvalue weighted by Crippen LogP contribution is 2.30. The van der Waals surface area contributed by atoms with E-state index in [0.29, 0.717) is 5.75 Å². The fourth-order valence-electron chi connectivity index (χ4n) is 2.34. The van der Waals surface area contributed by atoms with Crippen LogP contribution in [0.5, 0.6) is 17.2 Å². The highest BCUT2D eigenvalue weighted by Gasteiger charge is 2.22. The highest BCUT2D eigenvalue weighted by atomic mass is 16.6. The van der Waals surface area contributed by atoms with Gasteiger partial charge in [-0.3, -0.25) is 14.9 Å². The molecule has 0 fully saturated rings. The summed E-state index contributed by atoms with van der Waals surface area (Å²) < 4.78 is 20.2. The van der Waals surface area contributed by atoms with Crippen LogP contribution in [0.3, 0.4) is 0 Å². The van der Waals surface area contributed by atoms with Crippen LogP contribution in [0.2, 0.25) is 0 Å². The maximum absolute atomic E-state index is 12.3. The van der Waals surface area contributed by atoms with Gasteiger partial charge >= 0.3 is 5.97 Å². The minimum atomic E-state index is -0.843. The Kier molecular flexibility index (Phi) is 6.74. The molecule has 2 aromatic carbocycles. The Labute approximate surface area is 160 Å². The third-order valence-electron chi connectivity index (χ3n) is 3.64. The SMILES string of the molecule is COc1ccc([N+](=O)[O-])c(NC(=O)COC(=O)c2c(OC)cccc2OC)c1. The summed E-state index contributed by atoms with van der Waals surface area (Å²) in [6.45, 7) is -0.672. The molecular weight excluding hydrogens is 372 g/mol. The van der Waals surface area contributed by atoms with Gasteiger partial charge in [0.1, 0.15) is 28.5 Å². The Morgan fingerprint density at radius 3 is 2.21 bits per heavy atom. The molecule has 0 spiro atoms. The van der Waals surface area contributed by atoms with E-state index >= 15 is 0 Å². The summed E-state index contributed by atoms with van der Waals surface area (Å²) in [5.41, 5.74) is -0.389. The molecule has 148 valence electrons. The Morgan fingerprint density at radius 1 is 1.04 bits per heavy atom. The molecule has 2 rings (SSSR count). The number of carbonyl (C=O) groups is 2. The summed E-state index contributed by atoms with van der Waals surface area (Å²) in [7, 11) is 4.13. The molecule has 1 amide bonds. The molecule has 0 aromatic heterocycles. The van der Waals surface area contributed by atoms with Crippen molar-refractivity contribution in [3.8, 4) is 17.2 Å². The van der Waals surface area contributed by atoms with Crippen molar-refractivity contribution in [2.24, 2.45) is 0 Å². The topological polar surface area (TPSA) is 126 Å². The van der Waals surface area contributed by atoms with Gasteiger partial charge in [-0.15, -0.1) is 0 Å². The van der Waals surface area contributed by atoms with Crippen LogP contribution in [-0.4, -0.2) is 44.7 Å². The maximum Gasteiger partial charge on any atom is 0.346 e. The van der Waals surface area contributed by atoms with E-state index in [9.17, 15) is 19.7 Å². The minimum Gasteiger partial charge on any atom is -0.497 e. The van der Waals surface area contributed by atoms with Crippen LogP contribution in [0.25, 0.3) is 0 Å². The average Bonchev–Trinajstić information content (AvgIpc) is 2.70. The normalized spacial score (nSPS) is 9.96. The number of hydrogen-bond acceptors (Lipinski definition) is 8. The van der Waals surface area contributed by atoms with Crippen LogP contribution in [-0.2, 0) is 9.53 Å². The van der Waals surface area contributed by atoms with E-state index in [0.717, 1.165) is 0 Å². The molecule has 0 saturated carbocycles. The molecule has 1 N–H and O–H groups in total. The fourth-order valence-corrected chi connectivity index (χ4v) is 2.34. The Hall–Kier alpha value is -3.82. The molecule has 0 radical (unpaired) electrons. The molecule has 28 heavy (non-hydrogen) atoms. The van der Waals surface area contributed by atoms with Crippen molar-refractivity contribution in [3.05, 3.63) is 52.1 Å². The predicted octanol–water partition coefficient (Wildman–Crippen LogP) is 2.42. The molecule has 10 nitrogen and oxygen atoms in total. The van der Waals surface area contributed by atoms with Gasteiger partial charge in [0, 0.05) is 12.1 Å². The Balaban J connectivity index is 2.12. The standard InChI is InChI=1S/C18H18N2O8/c1-25-11-7-8-13(20(23)24)12(9-11)19-16(21)10-28-18(22)17-14(26-2)5-4-6-15(17)27-3/h4-9H,10H2,1-3H3,(H,19,21). The molecule has 0 unspecified atom stereocenters. The molecule has 2 aromatic rings. The number of ether oxygens (including phenoxy) is 4. The number of nitro groups is 1. The number of rotatable bonds is 8. The van der Waals surface area contributed by atoms with E-state index in [1.165, 1.54) is 39.5 Å². The van der Waals surface area contributed by atoms with Crippen molar-refractivity contribution in [2.75, 3.05) is 33.3 Å². The number of carbonyl (C=O) groups excluding carboxylic acids is 2. The van der Waals surface area contributed by atoms with E-state index in [2.05, 4.69) is 5.32 Å². The van der Waals surface area contributed by atoms with Crippen molar-refractivity contribution < 1.29 is 33.5 Å². The van der Waals surface area contributed by atoms with Gasteiger partial charge in [0.15, 0.2) is 6.61 Å². The van der Waals surface area contributed by atoms with Gasteiger partial charge in [-0.05, 0) is 18.2 Å². The number of benzene rings is 2. The number of methoxy groups -OCH3 is 3. The van der Waals surface area contributed by atoms with Crippen molar-refractivity contribution in [3.63, 3.8) is 0 Å². The third-order valence-corrected chi connectivity index (χ3v) is 3.64. The second kappa shape index (κ2) is 9.21. The summed E-state index contributed by atoms with van der Waals surface area (Å²) in [5.74, 6) is -0.860. The number of esters is 1. The number of nitrogens with zero attached hydrogens (tertiary/aromatic N) is 1. The zero-order valence-corrected chi connectivity index (χ0v) is 15.4. The van der Waals surface area contributed by atoms with E-state index < -0.39 is 23.4 Å². The number of nitrogens with one attached hydrogen (secondary N) is 1. The van der Waals surface area contributed by atoms with Crippen LogP contribution in [0.1, 0.15) is 10.4 Å². The smallest absolute Gasteiger partial charge is 0.346 e. The van der Waals surface area contributed by atoms with Gasteiger partial charge in [-0.25, -0.2) is 4.79 Å². The second-order valence-electron chi connectivity index (χ2n) is 5.30. The van der Waals surface area contributed by atoms with Crippen LogP contribution >= 0.6 is 0 Å². The first-order valence-corrected chi connectivity index (χ1v) is 7.91. The molecule has 0 atom stereocenters. The average molecular weight is 390 g/mol. The van der Waals surface area contributed by atoms with Crippen molar-refractivity contribution in [1.82, 2.24) is 0 Å². The summed E-state index contributed by atoms with van der Waals surface area (Å²) in [4.78, 5) is 34.9. The van der Waals surface area contributed by atoms with Gasteiger partial charge in [0.25, 0.3) is 11.6 Å². The predicted molar refractivity (Wildman–Crippen MR) is 98.1 cm³/mol. The quantitative estimate of drug-likeness (QED) is 0.414. The first-order chi connectivity index (χ1) is 13.4. The Bertz CT molecular complexity index is 875. The lowest BCUT2D eigenvalue weighted by atomic mass is 10.2. The van der Waals surface area contributed by atoms with Gasteiger partial charge < -0.3 is 24.3 Å². The Morgan fingerprint density at radius 2 is 1.68 bits per heavy atom. The number of hydrogen-bond donors (Lipinski definition) is 1. The number of anilines is 1. The van der Waals surface area contributed by atoms with Gasteiger partial charge in [0.05, 0.1) is 26.3 Å². The fraction of sp³-hybridized carbons (Fsp3) is 0.222. The second-order valence-corrected chi connectivity index (χ2v) is 5.30. The lowest BCUT2D eigenvalue weighted by molar-refractivity contribution is -0.383. The number of amides is 1. The van der Waals surface area contributed by atoms with Crippen molar-refractivity contribution >= 4 is 23.3 Å². The largest absolute Gasteiger partial charge is 0.497 e. The van der Waals surface area contributed by atoms with Crippen LogP contribution in [0.15, 0.2) is 36.4 Å². The van der Waals surface area contributed by atoms with Crippen LogP contribution < -0.4 is 19.5 Å². The van der Waals surface area contributed by atoms with Gasteiger partial charge in [-0.1, -0.05) is 6.07 Å². The number of nitro benzene ring substituents is 1. The third kappa shape index (κ3) is 4.67. The van der Waals surface area contributed by atoms with E-state index in [-0.39, 0.29) is 28.4 Å². The molecule has 0 aliphatic carbocycles. The monoisotopic (exact) mass is 390 g/mol. The van der Waals surface area contributed by atoms with Crippen LogP contribution in [0.4, 0.5) is 11.4 Å². The summed E-state index contributed by atoms with van der Waals surface area (Å²) >= 11 is 0. The maximum atomic E-state index is 12.3. The van der Waals surface area contributed by atoms with E-state index in [1.54, 1.807) is 18.2 Å². The summed E-state index contributed by atoms with van der Waals surface area (Å²) in [5, 5.41) is 13.4. The van der Waals surface area contributed by atoms with E-state index in [1.807, 2.05) is 0 Å². The molecule has 0 bridgehead atoms. The molecule has 0 heterocycles. The van der Waals surface area contributed by atoms with Gasteiger partial charge in [-0.2, -0.15) is 0 Å². The zero-order chi connectivity index (χ0) is 20.7. The zero-order valence-electron chi connectivity index (χ0n) is 15.4. The van der Waals surface area contributed by atoms with Crippen LogP contribution in [0, 0.1) is 10.1 Å². The molecule has 0 aliphatic heterocycles. The lowest BCUT2D eigenvalue weighted by Crippen LogP contribution is -2.22. The first-order valence-electron chi connectivity index (χ1n) is 7.91. The first kappa shape index (κ1) is 20.5. The highest BCUT2D eigenvalue weighted by molar-refractivity contribution is 5.99. The lowest BCUT2D eigenvalue weighted by Gasteiger charge is -2.12. The molecule has 10 heteroatoms. The minimum absolute atomic E-state index is 0.0210.